The summed E-state index contributed by atoms with van der Waals surface area (Å²) in [6, 6.07) is 5.78. The second kappa shape index (κ2) is 7.71. The highest BCUT2D eigenvalue weighted by atomic mass is 32.2. The molecule has 0 bridgehead atoms. The van der Waals surface area contributed by atoms with Gasteiger partial charge in [-0.25, -0.2) is 0 Å². The summed E-state index contributed by atoms with van der Waals surface area (Å²) in [5.74, 6) is 1.86. The maximum Gasteiger partial charge on any atom is 0.239 e. The largest absolute Gasteiger partial charge is 0.494 e. The van der Waals surface area contributed by atoms with Gasteiger partial charge in [-0.2, -0.15) is 11.8 Å². The van der Waals surface area contributed by atoms with Gasteiger partial charge in [0.25, 0.3) is 0 Å². The molecule has 116 valence electrons. The molecule has 5 heteroatoms. The summed E-state index contributed by atoms with van der Waals surface area (Å²) >= 11 is 1.72. The highest BCUT2D eigenvalue weighted by Gasteiger charge is 2.24. The molecule has 1 amide bonds. The zero-order valence-corrected chi connectivity index (χ0v) is 13.6. The molecule has 0 aliphatic carbocycles. The lowest BCUT2D eigenvalue weighted by Crippen LogP contribution is -2.46. The third kappa shape index (κ3) is 4.14. The van der Waals surface area contributed by atoms with Crippen molar-refractivity contribution in [1.82, 2.24) is 4.90 Å². The van der Waals surface area contributed by atoms with E-state index in [9.17, 15) is 4.79 Å². The first kappa shape index (κ1) is 16.2. The van der Waals surface area contributed by atoms with E-state index in [-0.39, 0.29) is 11.9 Å². The standard InChI is InChI=1S/C16H24N2O2S/c1-3-20-14-5-4-12-6-8-18(11-13(12)10-14)16(19)15(17)7-9-21-2/h4-5,10,15H,3,6-9,11,17H2,1-2H3/t15-/m0/s1. The first-order chi connectivity index (χ1) is 10.2. The molecule has 1 aliphatic heterocycles. The second-order valence-electron chi connectivity index (χ2n) is 5.26. The second-order valence-corrected chi connectivity index (χ2v) is 6.25. The van der Waals surface area contributed by atoms with Crippen molar-refractivity contribution in [1.29, 1.82) is 0 Å². The third-order valence-electron chi connectivity index (χ3n) is 3.76. The van der Waals surface area contributed by atoms with Gasteiger partial charge in [0.05, 0.1) is 12.6 Å². The molecular weight excluding hydrogens is 284 g/mol. The van der Waals surface area contributed by atoms with Gasteiger partial charge in [0, 0.05) is 13.1 Å². The van der Waals surface area contributed by atoms with Crippen LogP contribution in [0, 0.1) is 0 Å². The summed E-state index contributed by atoms with van der Waals surface area (Å²) in [5.41, 5.74) is 8.49. The number of benzene rings is 1. The van der Waals surface area contributed by atoms with Gasteiger partial charge in [-0.15, -0.1) is 0 Å². The number of nitrogens with zero attached hydrogens (tertiary/aromatic N) is 1. The SMILES string of the molecule is CCOc1ccc2c(c1)CN(C(=O)[C@@H](N)CCSC)CC2. The van der Waals surface area contributed by atoms with Crippen molar-refractivity contribution in [3.63, 3.8) is 0 Å². The maximum atomic E-state index is 12.4. The first-order valence-corrected chi connectivity index (χ1v) is 8.83. The topological polar surface area (TPSA) is 55.6 Å². The van der Waals surface area contributed by atoms with Gasteiger partial charge in [0.1, 0.15) is 5.75 Å². The Hall–Kier alpha value is -1.20. The summed E-state index contributed by atoms with van der Waals surface area (Å²) in [4.78, 5) is 14.3. The van der Waals surface area contributed by atoms with Crippen molar-refractivity contribution in [2.75, 3.05) is 25.2 Å². The molecule has 0 unspecified atom stereocenters. The summed E-state index contributed by atoms with van der Waals surface area (Å²) in [6.07, 6.45) is 3.66. The van der Waals surface area contributed by atoms with Gasteiger partial charge in [-0.3, -0.25) is 4.79 Å². The molecule has 1 aromatic rings. The monoisotopic (exact) mass is 308 g/mol. The summed E-state index contributed by atoms with van der Waals surface area (Å²) < 4.78 is 5.54. The van der Waals surface area contributed by atoms with Gasteiger partial charge in [-0.1, -0.05) is 6.07 Å². The number of rotatable bonds is 6. The van der Waals surface area contributed by atoms with Crippen molar-refractivity contribution in [3.05, 3.63) is 29.3 Å². The van der Waals surface area contributed by atoms with E-state index in [0.29, 0.717) is 13.2 Å². The Labute approximate surface area is 131 Å². The van der Waals surface area contributed by atoms with E-state index in [4.69, 9.17) is 10.5 Å². The number of nitrogens with two attached hydrogens (primary N) is 1. The highest BCUT2D eigenvalue weighted by Crippen LogP contribution is 2.24. The van der Waals surface area contributed by atoms with Crippen molar-refractivity contribution >= 4 is 17.7 Å². The Balaban J connectivity index is 2.03. The molecule has 0 spiro atoms. The predicted octanol–water partition coefficient (Wildman–Crippen LogP) is 2.05. The Morgan fingerprint density at radius 2 is 2.29 bits per heavy atom. The number of amides is 1. The molecule has 1 heterocycles. The molecule has 21 heavy (non-hydrogen) atoms. The fourth-order valence-corrected chi connectivity index (χ4v) is 3.07. The van der Waals surface area contributed by atoms with Gasteiger partial charge >= 0.3 is 0 Å². The van der Waals surface area contributed by atoms with Crippen LogP contribution in [0.3, 0.4) is 0 Å². The molecule has 0 aromatic heterocycles. The number of ether oxygens (including phenoxy) is 1. The van der Waals surface area contributed by atoms with Gasteiger partial charge in [0.15, 0.2) is 0 Å². The van der Waals surface area contributed by atoms with Crippen LogP contribution in [0.25, 0.3) is 0 Å². The molecule has 1 atom stereocenters. The Bertz CT molecular complexity index is 493. The zero-order valence-electron chi connectivity index (χ0n) is 12.8. The number of thioether (sulfide) groups is 1. The van der Waals surface area contributed by atoms with Crippen LogP contribution in [0.5, 0.6) is 5.75 Å². The van der Waals surface area contributed by atoms with Gasteiger partial charge in [-0.05, 0) is 55.0 Å². The minimum atomic E-state index is -0.380. The molecule has 1 aromatic carbocycles. The summed E-state index contributed by atoms with van der Waals surface area (Å²) in [7, 11) is 0. The van der Waals surface area contributed by atoms with E-state index in [1.165, 1.54) is 11.1 Å². The number of hydrogen-bond acceptors (Lipinski definition) is 4. The van der Waals surface area contributed by atoms with Crippen LogP contribution in [-0.2, 0) is 17.8 Å². The van der Waals surface area contributed by atoms with Crippen molar-refractivity contribution in [2.45, 2.75) is 32.4 Å². The van der Waals surface area contributed by atoms with E-state index in [1.807, 2.05) is 30.2 Å². The van der Waals surface area contributed by atoms with Crippen molar-refractivity contribution in [2.24, 2.45) is 5.73 Å². The first-order valence-electron chi connectivity index (χ1n) is 7.43. The number of carbonyl (C=O) groups is 1. The van der Waals surface area contributed by atoms with Crippen LogP contribution in [0.15, 0.2) is 18.2 Å². The van der Waals surface area contributed by atoms with Crippen LogP contribution in [0.4, 0.5) is 0 Å². The smallest absolute Gasteiger partial charge is 0.239 e. The van der Waals surface area contributed by atoms with E-state index in [1.54, 1.807) is 11.8 Å². The fourth-order valence-electron chi connectivity index (χ4n) is 2.58. The quantitative estimate of drug-likeness (QED) is 0.874. The van der Waals surface area contributed by atoms with E-state index in [0.717, 1.165) is 30.9 Å². The number of carbonyl (C=O) groups excluding carboxylic acids is 1. The molecular formula is C16H24N2O2S. The van der Waals surface area contributed by atoms with Crippen LogP contribution in [0.2, 0.25) is 0 Å². The Morgan fingerprint density at radius 1 is 1.48 bits per heavy atom. The molecule has 4 nitrogen and oxygen atoms in total. The zero-order chi connectivity index (χ0) is 15.2. The molecule has 2 rings (SSSR count). The molecule has 0 fully saturated rings. The van der Waals surface area contributed by atoms with E-state index in [2.05, 4.69) is 6.07 Å². The number of hydrogen-bond donors (Lipinski definition) is 1. The third-order valence-corrected chi connectivity index (χ3v) is 4.41. The van der Waals surface area contributed by atoms with Crippen molar-refractivity contribution in [3.8, 4) is 5.75 Å². The summed E-state index contributed by atoms with van der Waals surface area (Å²) in [6.45, 7) is 4.02. The Kier molecular flexibility index (Phi) is 5.94. The Morgan fingerprint density at radius 3 is 3.00 bits per heavy atom. The summed E-state index contributed by atoms with van der Waals surface area (Å²) in [5, 5.41) is 0. The van der Waals surface area contributed by atoms with Gasteiger partial charge < -0.3 is 15.4 Å². The molecule has 0 saturated carbocycles. The lowest BCUT2D eigenvalue weighted by molar-refractivity contribution is -0.133. The van der Waals surface area contributed by atoms with E-state index < -0.39 is 0 Å². The average Bonchev–Trinajstić information content (AvgIpc) is 2.51. The molecule has 0 saturated heterocycles. The maximum absolute atomic E-state index is 12.4. The van der Waals surface area contributed by atoms with Crippen molar-refractivity contribution < 1.29 is 9.53 Å². The lowest BCUT2D eigenvalue weighted by Gasteiger charge is -2.31. The predicted molar refractivity (Wildman–Crippen MR) is 87.7 cm³/mol. The van der Waals surface area contributed by atoms with Crippen LogP contribution >= 0.6 is 11.8 Å². The molecule has 2 N–H and O–H groups in total. The van der Waals surface area contributed by atoms with Crippen LogP contribution in [-0.4, -0.2) is 42.0 Å². The minimum absolute atomic E-state index is 0.0662. The molecule has 0 radical (unpaired) electrons. The minimum Gasteiger partial charge on any atom is -0.494 e. The lowest BCUT2D eigenvalue weighted by atomic mass is 9.98. The fraction of sp³-hybridized carbons (Fsp3) is 0.562. The number of fused-ring (bicyclic) bond motifs is 1. The van der Waals surface area contributed by atoms with Crippen LogP contribution < -0.4 is 10.5 Å². The van der Waals surface area contributed by atoms with Gasteiger partial charge in [0.2, 0.25) is 5.91 Å². The normalized spacial score (nSPS) is 15.5. The van der Waals surface area contributed by atoms with Crippen LogP contribution in [0.1, 0.15) is 24.5 Å². The molecule has 1 aliphatic rings. The average molecular weight is 308 g/mol. The van der Waals surface area contributed by atoms with E-state index >= 15 is 0 Å². The highest BCUT2D eigenvalue weighted by molar-refractivity contribution is 7.98.